The van der Waals surface area contributed by atoms with Crippen LogP contribution in [-0.4, -0.2) is 18.5 Å². The van der Waals surface area contributed by atoms with Gasteiger partial charge < -0.3 is 14.6 Å². The van der Waals surface area contributed by atoms with Crippen molar-refractivity contribution in [2.75, 3.05) is 6.61 Å². The van der Waals surface area contributed by atoms with Crippen LogP contribution in [0.25, 0.3) is 0 Å². The summed E-state index contributed by atoms with van der Waals surface area (Å²) in [7, 11) is 0. The van der Waals surface area contributed by atoms with Crippen LogP contribution in [0.15, 0.2) is 0 Å². The highest BCUT2D eigenvalue weighted by Crippen LogP contribution is 2.57. The Balaban J connectivity index is 2.51. The lowest BCUT2D eigenvalue weighted by Gasteiger charge is -2.02. The minimum atomic E-state index is -1.11. The average molecular weight is 237 g/mol. The number of aliphatic carboxylic acids is 1. The van der Waals surface area contributed by atoms with E-state index in [2.05, 4.69) is 11.8 Å². The molecule has 1 fully saturated rings. The molecule has 2 atom stereocenters. The van der Waals surface area contributed by atoms with Gasteiger partial charge in [0.15, 0.2) is 0 Å². The molecule has 0 amide bonds. The van der Waals surface area contributed by atoms with E-state index in [0.717, 1.165) is 0 Å². The fraction of sp³-hybridized carbons (Fsp3) is 0.692. The largest absolute Gasteiger partial charge is 0.550 e. The van der Waals surface area contributed by atoms with E-state index in [4.69, 9.17) is 4.74 Å². The topological polar surface area (TPSA) is 66.4 Å². The van der Waals surface area contributed by atoms with Gasteiger partial charge in [-0.15, -0.1) is 0 Å². The normalized spacial score (nSPS) is 24.8. The molecular formula is C13H17O4-. The number of carboxylic acids is 1. The summed E-state index contributed by atoms with van der Waals surface area (Å²) in [5.41, 5.74) is -0.413. The molecule has 0 heterocycles. The van der Waals surface area contributed by atoms with Crippen molar-refractivity contribution in [2.24, 2.45) is 23.2 Å². The molecule has 0 bridgehead atoms. The van der Waals surface area contributed by atoms with Crippen molar-refractivity contribution in [1.82, 2.24) is 0 Å². The first-order valence-corrected chi connectivity index (χ1v) is 5.66. The van der Waals surface area contributed by atoms with Crippen molar-refractivity contribution in [3.8, 4) is 11.8 Å². The fourth-order valence-electron chi connectivity index (χ4n) is 1.76. The predicted octanol–water partition coefficient (Wildman–Crippen LogP) is 0.211. The summed E-state index contributed by atoms with van der Waals surface area (Å²) in [6.45, 7) is 7.78. The van der Waals surface area contributed by atoms with Crippen molar-refractivity contribution in [1.29, 1.82) is 0 Å². The molecule has 4 heteroatoms. The molecule has 0 aromatic rings. The summed E-state index contributed by atoms with van der Waals surface area (Å²) < 4.78 is 4.87. The maximum absolute atomic E-state index is 11.2. The third kappa shape index (κ3) is 3.23. The maximum Gasteiger partial charge on any atom is 0.384 e. The van der Waals surface area contributed by atoms with Crippen molar-refractivity contribution in [3.05, 3.63) is 0 Å². The Kier molecular flexibility index (Phi) is 3.82. The van der Waals surface area contributed by atoms with Gasteiger partial charge in [-0.2, -0.15) is 0 Å². The number of ether oxygens (including phenoxy) is 1. The number of carbonyl (C=O) groups is 2. The van der Waals surface area contributed by atoms with Crippen LogP contribution in [-0.2, 0) is 14.3 Å². The molecule has 1 saturated carbocycles. The molecule has 2 unspecified atom stereocenters. The Morgan fingerprint density at radius 1 is 1.41 bits per heavy atom. The van der Waals surface area contributed by atoms with Crippen LogP contribution in [0.3, 0.4) is 0 Å². The molecule has 0 saturated heterocycles. The number of hydrogen-bond acceptors (Lipinski definition) is 4. The minimum absolute atomic E-state index is 0.258. The van der Waals surface area contributed by atoms with Crippen LogP contribution in [0, 0.1) is 35.0 Å². The van der Waals surface area contributed by atoms with Crippen LogP contribution in [0.1, 0.15) is 27.7 Å². The summed E-state index contributed by atoms with van der Waals surface area (Å²) in [5, 5.41) is 10.8. The molecular weight excluding hydrogens is 220 g/mol. The fourth-order valence-corrected chi connectivity index (χ4v) is 1.76. The van der Waals surface area contributed by atoms with Crippen LogP contribution in [0.2, 0.25) is 0 Å². The summed E-state index contributed by atoms with van der Waals surface area (Å²) in [6.07, 6.45) is 0. The molecule has 17 heavy (non-hydrogen) atoms. The van der Waals surface area contributed by atoms with Crippen molar-refractivity contribution < 1.29 is 19.4 Å². The smallest absolute Gasteiger partial charge is 0.384 e. The van der Waals surface area contributed by atoms with Gasteiger partial charge in [-0.25, -0.2) is 4.79 Å². The average Bonchev–Trinajstić information content (AvgIpc) is 2.74. The van der Waals surface area contributed by atoms with Gasteiger partial charge in [0.05, 0.1) is 6.61 Å². The Hall–Kier alpha value is -1.50. The monoisotopic (exact) mass is 237 g/mol. The van der Waals surface area contributed by atoms with E-state index in [1.165, 1.54) is 0 Å². The number of hydrogen-bond donors (Lipinski definition) is 0. The van der Waals surface area contributed by atoms with Crippen LogP contribution < -0.4 is 5.11 Å². The molecule has 0 N–H and O–H groups in total. The zero-order valence-corrected chi connectivity index (χ0v) is 10.6. The third-order valence-corrected chi connectivity index (χ3v) is 2.96. The van der Waals surface area contributed by atoms with E-state index in [1.54, 1.807) is 13.8 Å². The Morgan fingerprint density at radius 2 is 2.00 bits per heavy atom. The highest BCUT2D eigenvalue weighted by atomic mass is 16.5. The Bertz CT molecular complexity index is 384. The summed E-state index contributed by atoms with van der Waals surface area (Å²) in [4.78, 5) is 22.0. The lowest BCUT2D eigenvalue weighted by atomic mass is 10.1. The molecule has 0 aromatic heterocycles. The van der Waals surface area contributed by atoms with Crippen LogP contribution in [0.4, 0.5) is 0 Å². The second-order valence-corrected chi connectivity index (χ2v) is 5.36. The van der Waals surface area contributed by atoms with Crippen molar-refractivity contribution in [2.45, 2.75) is 27.7 Å². The van der Waals surface area contributed by atoms with Crippen molar-refractivity contribution in [3.63, 3.8) is 0 Å². The van der Waals surface area contributed by atoms with Gasteiger partial charge in [-0.3, -0.25) is 0 Å². The first-order valence-electron chi connectivity index (χ1n) is 5.66. The van der Waals surface area contributed by atoms with Gasteiger partial charge in [0.25, 0.3) is 0 Å². The molecule has 0 radical (unpaired) electrons. The Morgan fingerprint density at radius 3 is 2.41 bits per heavy atom. The number of carbonyl (C=O) groups excluding carboxylic acids is 2. The van der Waals surface area contributed by atoms with E-state index in [1.807, 2.05) is 13.8 Å². The van der Waals surface area contributed by atoms with E-state index < -0.39 is 23.3 Å². The highest BCUT2D eigenvalue weighted by Gasteiger charge is 2.57. The number of carboxylic acid groups (broad SMARTS) is 1. The van der Waals surface area contributed by atoms with Gasteiger partial charge in [-0.1, -0.05) is 33.6 Å². The second-order valence-electron chi connectivity index (χ2n) is 5.36. The van der Waals surface area contributed by atoms with Gasteiger partial charge in [-0.05, 0) is 11.3 Å². The van der Waals surface area contributed by atoms with Crippen molar-refractivity contribution >= 4 is 11.9 Å². The maximum atomic E-state index is 11.2. The third-order valence-electron chi connectivity index (χ3n) is 2.96. The van der Waals surface area contributed by atoms with Crippen LogP contribution >= 0.6 is 0 Å². The quantitative estimate of drug-likeness (QED) is 0.400. The van der Waals surface area contributed by atoms with Gasteiger partial charge in [0.1, 0.15) is 0 Å². The summed E-state index contributed by atoms with van der Waals surface area (Å²) in [5.74, 6) is 2.64. The second kappa shape index (κ2) is 4.79. The number of esters is 1. The molecule has 0 aliphatic heterocycles. The predicted molar refractivity (Wildman–Crippen MR) is 59.3 cm³/mol. The van der Waals surface area contributed by atoms with E-state index >= 15 is 0 Å². The van der Waals surface area contributed by atoms with Crippen LogP contribution in [0.5, 0.6) is 0 Å². The minimum Gasteiger partial charge on any atom is -0.550 e. The van der Waals surface area contributed by atoms with Gasteiger partial charge in [0, 0.05) is 23.7 Å². The summed E-state index contributed by atoms with van der Waals surface area (Å²) in [6, 6.07) is 0. The summed E-state index contributed by atoms with van der Waals surface area (Å²) >= 11 is 0. The lowest BCUT2D eigenvalue weighted by Crippen LogP contribution is -2.26. The number of rotatable bonds is 3. The van der Waals surface area contributed by atoms with Gasteiger partial charge in [0.2, 0.25) is 0 Å². The van der Waals surface area contributed by atoms with Gasteiger partial charge >= 0.3 is 5.97 Å². The molecule has 94 valence electrons. The van der Waals surface area contributed by atoms with E-state index in [9.17, 15) is 14.7 Å². The highest BCUT2D eigenvalue weighted by molar-refractivity contribution is 5.89. The first-order chi connectivity index (χ1) is 7.76. The standard InChI is InChI=1S/C13H18O4/c1-8(2)7-17-10(14)6-5-9-11(12(15)16)13(9,3)4/h8-9,11H,7H2,1-4H3,(H,15,16)/p-1. The lowest BCUT2D eigenvalue weighted by molar-refractivity contribution is -0.308. The van der Waals surface area contributed by atoms with E-state index in [0.29, 0.717) is 6.61 Å². The zero-order chi connectivity index (χ0) is 13.2. The zero-order valence-electron chi connectivity index (χ0n) is 10.6. The molecule has 1 rings (SSSR count). The SMILES string of the molecule is CC(C)COC(=O)C#CC1C(C(=O)[O-])C1(C)C. The Labute approximate surface area is 101 Å². The molecule has 4 nitrogen and oxygen atoms in total. The molecule has 0 aromatic carbocycles. The molecule has 1 aliphatic carbocycles. The van der Waals surface area contributed by atoms with E-state index in [-0.39, 0.29) is 11.8 Å². The molecule has 0 spiro atoms. The first kappa shape index (κ1) is 13.6. The molecule has 1 aliphatic rings.